The third kappa shape index (κ3) is 2.53. The van der Waals surface area contributed by atoms with Gasteiger partial charge in [0.05, 0.1) is 4.90 Å². The van der Waals surface area contributed by atoms with Crippen LogP contribution in [0.1, 0.15) is 16.8 Å². The molecule has 7 heteroatoms. The van der Waals surface area contributed by atoms with Crippen LogP contribution in [0.15, 0.2) is 47.4 Å². The molecule has 0 bridgehead atoms. The second kappa shape index (κ2) is 5.82. The summed E-state index contributed by atoms with van der Waals surface area (Å²) in [6, 6.07) is 12.5. The van der Waals surface area contributed by atoms with Gasteiger partial charge in [0.25, 0.3) is 5.91 Å². The largest absolute Gasteiger partial charge is 0.358 e. The van der Waals surface area contributed by atoms with Crippen LogP contribution in [0.2, 0.25) is 0 Å². The van der Waals surface area contributed by atoms with Crippen molar-refractivity contribution in [3.8, 4) is 0 Å². The first-order chi connectivity index (χ1) is 12.4. The average Bonchev–Trinajstić information content (AvgIpc) is 3.11. The number of aromatic nitrogens is 1. The van der Waals surface area contributed by atoms with E-state index >= 15 is 0 Å². The van der Waals surface area contributed by atoms with Crippen LogP contribution >= 0.6 is 0 Å². The minimum absolute atomic E-state index is 0.122. The van der Waals surface area contributed by atoms with Gasteiger partial charge in [-0.15, -0.1) is 0 Å². The number of anilines is 1. The topological polar surface area (TPSA) is 91.1 Å². The summed E-state index contributed by atoms with van der Waals surface area (Å²) in [7, 11) is -2.23. The summed E-state index contributed by atoms with van der Waals surface area (Å²) < 4.78 is 26.5. The predicted octanol–water partition coefficient (Wildman–Crippen LogP) is 2.88. The number of fused-ring (bicyclic) bond motifs is 2. The number of nitrogens with one attached hydrogen (secondary N) is 3. The Balaban J connectivity index is 1.91. The molecular weight excluding hydrogens is 350 g/mol. The van der Waals surface area contributed by atoms with Crippen LogP contribution in [0.4, 0.5) is 5.69 Å². The first kappa shape index (κ1) is 16.6. The molecule has 1 aliphatic heterocycles. The molecule has 0 aliphatic carbocycles. The molecule has 0 saturated heterocycles. The van der Waals surface area contributed by atoms with E-state index < -0.39 is 10.0 Å². The number of amides is 1. The molecule has 26 heavy (non-hydrogen) atoms. The fourth-order valence-corrected chi connectivity index (χ4v) is 3.98. The van der Waals surface area contributed by atoms with Gasteiger partial charge in [-0.05, 0) is 44.3 Å². The van der Waals surface area contributed by atoms with Gasteiger partial charge in [0.2, 0.25) is 10.0 Å². The van der Waals surface area contributed by atoms with Gasteiger partial charge in [0.15, 0.2) is 0 Å². The maximum atomic E-state index is 12.5. The van der Waals surface area contributed by atoms with Crippen molar-refractivity contribution in [2.24, 2.45) is 0 Å². The van der Waals surface area contributed by atoms with Crippen molar-refractivity contribution in [2.75, 3.05) is 12.4 Å². The van der Waals surface area contributed by atoms with Gasteiger partial charge in [-0.3, -0.25) is 4.79 Å². The number of aryl methyl sites for hydroxylation is 1. The molecule has 132 valence electrons. The quantitative estimate of drug-likeness (QED) is 0.622. The summed E-state index contributed by atoms with van der Waals surface area (Å²) in [4.78, 5) is 15.9. The molecule has 2 aromatic carbocycles. The highest BCUT2D eigenvalue weighted by Gasteiger charge is 2.27. The molecule has 6 nitrogen and oxygen atoms in total. The lowest BCUT2D eigenvalue weighted by molar-refractivity contribution is -0.110. The van der Waals surface area contributed by atoms with Gasteiger partial charge in [0.1, 0.15) is 0 Å². The van der Waals surface area contributed by atoms with Gasteiger partial charge in [-0.25, -0.2) is 13.1 Å². The minimum atomic E-state index is -3.59. The van der Waals surface area contributed by atoms with E-state index in [-0.39, 0.29) is 10.8 Å². The summed E-state index contributed by atoms with van der Waals surface area (Å²) in [5.41, 5.74) is 4.48. The highest BCUT2D eigenvalue weighted by atomic mass is 32.2. The zero-order valence-corrected chi connectivity index (χ0v) is 15.1. The molecule has 2 heterocycles. The van der Waals surface area contributed by atoms with Crippen molar-refractivity contribution in [2.45, 2.75) is 11.8 Å². The zero-order valence-electron chi connectivity index (χ0n) is 14.3. The Morgan fingerprint density at radius 1 is 1.12 bits per heavy atom. The smallest absolute Gasteiger partial charge is 0.256 e. The molecule has 3 aromatic rings. The Hall–Kier alpha value is -2.90. The van der Waals surface area contributed by atoms with E-state index in [4.69, 9.17) is 0 Å². The molecule has 0 radical (unpaired) electrons. The van der Waals surface area contributed by atoms with E-state index in [1.165, 1.54) is 19.2 Å². The summed E-state index contributed by atoms with van der Waals surface area (Å²) in [5, 5.41) is 3.80. The Bertz CT molecular complexity index is 1190. The number of rotatable bonds is 3. The average molecular weight is 367 g/mol. The van der Waals surface area contributed by atoms with Gasteiger partial charge in [-0.1, -0.05) is 18.2 Å². The number of hydrogen-bond acceptors (Lipinski definition) is 3. The second-order valence-corrected chi connectivity index (χ2v) is 8.02. The molecule has 1 aromatic heterocycles. The summed E-state index contributed by atoms with van der Waals surface area (Å²) in [5.74, 6) is -0.247. The van der Waals surface area contributed by atoms with Gasteiger partial charge < -0.3 is 10.3 Å². The molecule has 1 amide bonds. The lowest BCUT2D eigenvalue weighted by Crippen LogP contribution is -2.18. The molecule has 0 unspecified atom stereocenters. The monoisotopic (exact) mass is 367 g/mol. The van der Waals surface area contributed by atoms with Crippen LogP contribution in [-0.2, 0) is 14.8 Å². The fourth-order valence-electron chi connectivity index (χ4n) is 3.22. The van der Waals surface area contributed by atoms with E-state index in [1.807, 2.05) is 37.3 Å². The molecule has 1 aliphatic rings. The molecule has 0 spiro atoms. The number of benzene rings is 2. The van der Waals surface area contributed by atoms with Crippen LogP contribution in [-0.4, -0.2) is 26.4 Å². The first-order valence-corrected chi connectivity index (χ1v) is 9.57. The van der Waals surface area contributed by atoms with Crippen molar-refractivity contribution in [3.63, 3.8) is 0 Å². The highest BCUT2D eigenvalue weighted by Crippen LogP contribution is 2.36. The number of sulfonamides is 1. The summed E-state index contributed by atoms with van der Waals surface area (Å²) >= 11 is 0. The number of H-pyrrole nitrogens is 1. The number of para-hydroxylation sites is 1. The third-order valence-electron chi connectivity index (χ3n) is 4.59. The standard InChI is InChI=1S/C19H17N3O3S/c1-11-14(13-5-3-4-6-17(13)21-11)10-16-15-9-12(26(24,25)20-2)7-8-18(15)22-19(16)23/h3-10,20-21H,1-2H3,(H,22,23). The van der Waals surface area contributed by atoms with Crippen LogP contribution in [0.3, 0.4) is 0 Å². The van der Waals surface area contributed by atoms with Crippen LogP contribution in [0, 0.1) is 6.92 Å². The Kier molecular flexibility index (Phi) is 3.71. The number of hydrogen-bond donors (Lipinski definition) is 3. The van der Waals surface area contributed by atoms with Gasteiger partial charge in [-0.2, -0.15) is 0 Å². The Morgan fingerprint density at radius 3 is 2.65 bits per heavy atom. The lowest BCUT2D eigenvalue weighted by Gasteiger charge is -2.05. The number of carbonyl (C=O) groups excluding carboxylic acids is 1. The second-order valence-electron chi connectivity index (χ2n) is 6.14. The van der Waals surface area contributed by atoms with Crippen molar-refractivity contribution in [1.82, 2.24) is 9.71 Å². The van der Waals surface area contributed by atoms with E-state index in [2.05, 4.69) is 15.0 Å². The lowest BCUT2D eigenvalue weighted by atomic mass is 10.0. The van der Waals surface area contributed by atoms with Crippen molar-refractivity contribution in [3.05, 3.63) is 59.3 Å². The molecule has 0 atom stereocenters. The Morgan fingerprint density at radius 2 is 1.88 bits per heavy atom. The minimum Gasteiger partial charge on any atom is -0.358 e. The van der Waals surface area contributed by atoms with Crippen LogP contribution in [0.25, 0.3) is 22.6 Å². The third-order valence-corrected chi connectivity index (χ3v) is 6.00. The maximum Gasteiger partial charge on any atom is 0.256 e. The normalized spacial score (nSPS) is 15.5. The Labute approximate surface area is 151 Å². The van der Waals surface area contributed by atoms with Crippen LogP contribution in [0.5, 0.6) is 0 Å². The molecule has 4 rings (SSSR count). The molecule has 3 N–H and O–H groups in total. The van der Waals surface area contributed by atoms with E-state index in [0.29, 0.717) is 16.8 Å². The van der Waals surface area contributed by atoms with Gasteiger partial charge in [0, 0.05) is 39.0 Å². The fraction of sp³-hybridized carbons (Fsp3) is 0.105. The number of carbonyl (C=O) groups is 1. The maximum absolute atomic E-state index is 12.5. The highest BCUT2D eigenvalue weighted by molar-refractivity contribution is 7.89. The van der Waals surface area contributed by atoms with Crippen molar-refractivity contribution in [1.29, 1.82) is 0 Å². The number of aromatic amines is 1. The first-order valence-electron chi connectivity index (χ1n) is 8.09. The predicted molar refractivity (Wildman–Crippen MR) is 102 cm³/mol. The summed E-state index contributed by atoms with van der Waals surface area (Å²) in [6.45, 7) is 1.95. The van der Waals surface area contributed by atoms with E-state index in [0.717, 1.165) is 22.2 Å². The van der Waals surface area contributed by atoms with Crippen molar-refractivity contribution < 1.29 is 13.2 Å². The van der Waals surface area contributed by atoms with E-state index in [9.17, 15) is 13.2 Å². The van der Waals surface area contributed by atoms with E-state index in [1.54, 1.807) is 6.07 Å². The molecule has 0 saturated carbocycles. The summed E-state index contributed by atoms with van der Waals surface area (Å²) in [6.07, 6.45) is 1.81. The zero-order chi connectivity index (χ0) is 18.5. The van der Waals surface area contributed by atoms with Crippen molar-refractivity contribution >= 4 is 44.2 Å². The van der Waals surface area contributed by atoms with Gasteiger partial charge >= 0.3 is 0 Å². The molecular formula is C19H17N3O3S. The SMILES string of the molecule is CNS(=O)(=O)c1ccc2c(c1)C(=Cc1c(C)[nH]c3ccccc13)C(=O)N2. The molecule has 0 fully saturated rings. The van der Waals surface area contributed by atoms with Crippen LogP contribution < -0.4 is 10.0 Å².